The van der Waals surface area contributed by atoms with Crippen LogP contribution in [0.1, 0.15) is 5.56 Å². The van der Waals surface area contributed by atoms with E-state index in [4.69, 9.17) is 0 Å². The zero-order valence-electron chi connectivity index (χ0n) is 4.85. The quantitative estimate of drug-likeness (QED) is 0.634. The summed E-state index contributed by atoms with van der Waals surface area (Å²) >= 11 is 0. The number of aryl methyl sites for hydroxylation is 2. The van der Waals surface area contributed by atoms with E-state index in [1.54, 1.807) is 4.68 Å². The van der Waals surface area contributed by atoms with Crippen molar-refractivity contribution in [1.82, 2.24) is 9.78 Å². The molecule has 0 saturated carbocycles. The molecule has 0 aliphatic heterocycles. The summed E-state index contributed by atoms with van der Waals surface area (Å²) < 4.78 is 1.73. The molecule has 1 rings (SSSR count). The summed E-state index contributed by atoms with van der Waals surface area (Å²) in [6.45, 7) is 1.97. The van der Waals surface area contributed by atoms with E-state index in [0.29, 0.717) is 0 Å². The van der Waals surface area contributed by atoms with Gasteiger partial charge in [0.1, 0.15) is 0 Å². The van der Waals surface area contributed by atoms with E-state index in [9.17, 15) is 0 Å². The summed E-state index contributed by atoms with van der Waals surface area (Å²) in [5.41, 5.74) is 1.09. The van der Waals surface area contributed by atoms with Crippen molar-refractivity contribution in [3.8, 4) is 0 Å². The number of nitrogens with zero attached hydrogens (tertiary/aromatic N) is 2. The van der Waals surface area contributed by atoms with Crippen LogP contribution in [0, 0.1) is 13.1 Å². The Bertz CT molecular complexity index is 143. The van der Waals surface area contributed by atoms with Gasteiger partial charge in [0.25, 0.3) is 0 Å². The Morgan fingerprint density at radius 3 is 2.50 bits per heavy atom. The van der Waals surface area contributed by atoms with E-state index in [1.807, 2.05) is 20.2 Å². The summed E-state index contributed by atoms with van der Waals surface area (Å²) in [5, 5.41) is 3.81. The molecule has 0 aromatic carbocycles. The van der Waals surface area contributed by atoms with Gasteiger partial charge in [-0.3, -0.25) is 0 Å². The van der Waals surface area contributed by atoms with E-state index in [1.165, 1.54) is 0 Å². The van der Waals surface area contributed by atoms with Crippen molar-refractivity contribution in [1.29, 1.82) is 0 Å². The van der Waals surface area contributed by atoms with Gasteiger partial charge in [0.2, 0.25) is 0 Å². The molecule has 0 fully saturated rings. The van der Waals surface area contributed by atoms with Gasteiger partial charge in [-0.1, -0.05) is 6.92 Å². The molecule has 3 heteroatoms. The maximum Gasteiger partial charge on any atom is 0.00867 e. The van der Waals surface area contributed by atoms with Crippen molar-refractivity contribution >= 4 is 0 Å². The van der Waals surface area contributed by atoms with Crippen molar-refractivity contribution in [2.45, 2.75) is 6.92 Å². The minimum Gasteiger partial charge on any atom is -0.372 e. The molecule has 2 nitrogen and oxygen atoms in total. The first-order chi connectivity index (χ1) is 3.29. The maximum absolute atomic E-state index is 3.81. The van der Waals surface area contributed by atoms with Gasteiger partial charge >= 0.3 is 0 Å². The third kappa shape index (κ3) is 1.77. The molecule has 0 amide bonds. The van der Waals surface area contributed by atoms with Crippen LogP contribution in [0.5, 0.6) is 0 Å². The topological polar surface area (TPSA) is 17.8 Å². The minimum absolute atomic E-state index is 0. The first-order valence-corrected chi connectivity index (χ1v) is 2.17. The van der Waals surface area contributed by atoms with Gasteiger partial charge < -0.3 is 9.78 Å². The molecular weight excluding hydrogens is 274 g/mol. The van der Waals surface area contributed by atoms with E-state index in [2.05, 4.69) is 11.3 Å². The van der Waals surface area contributed by atoms with E-state index in [-0.39, 0.29) is 20.4 Å². The second kappa shape index (κ2) is 3.01. The Morgan fingerprint density at radius 2 is 2.38 bits per heavy atom. The van der Waals surface area contributed by atoms with Crippen molar-refractivity contribution < 1.29 is 20.4 Å². The largest absolute Gasteiger partial charge is 0.372 e. The van der Waals surface area contributed by atoms with Gasteiger partial charge in [-0.15, -0.1) is 12.4 Å². The Kier molecular flexibility index (Phi) is 2.96. The van der Waals surface area contributed by atoms with Gasteiger partial charge in [-0.05, 0) is 0 Å². The Balaban J connectivity index is 0.000000490. The number of rotatable bonds is 0. The van der Waals surface area contributed by atoms with E-state index < -0.39 is 0 Å². The molecule has 0 saturated heterocycles. The van der Waals surface area contributed by atoms with Gasteiger partial charge in [-0.25, -0.2) is 0 Å². The third-order valence-corrected chi connectivity index (χ3v) is 0.765. The molecule has 0 bridgehead atoms. The molecule has 0 unspecified atom stereocenters. The predicted molar refractivity (Wildman–Crippen MR) is 26.8 cm³/mol. The minimum atomic E-state index is 0. The number of aromatic nitrogens is 2. The third-order valence-electron chi connectivity index (χ3n) is 0.765. The molecule has 1 aromatic rings. The fraction of sp³-hybridized carbons (Fsp3) is 0.400. The molecular formula is C5H7N2Re-. The first-order valence-electron chi connectivity index (χ1n) is 2.17. The fourth-order valence-corrected chi connectivity index (χ4v) is 0.496. The van der Waals surface area contributed by atoms with Gasteiger partial charge in [0, 0.05) is 27.5 Å². The molecule has 8 heavy (non-hydrogen) atoms. The zero-order chi connectivity index (χ0) is 5.28. The van der Waals surface area contributed by atoms with Crippen LogP contribution in [-0.4, -0.2) is 9.78 Å². The van der Waals surface area contributed by atoms with Crippen molar-refractivity contribution in [3.63, 3.8) is 0 Å². The Labute approximate surface area is 62.5 Å². The van der Waals surface area contributed by atoms with Crippen molar-refractivity contribution in [3.05, 3.63) is 18.0 Å². The molecule has 1 aromatic heterocycles. The van der Waals surface area contributed by atoms with Crippen LogP contribution in [0.3, 0.4) is 0 Å². The average molecular weight is 281 g/mol. The smallest absolute Gasteiger partial charge is 0.00867 e. The number of hydrogen-bond donors (Lipinski definition) is 0. The second-order valence-corrected chi connectivity index (χ2v) is 1.60. The van der Waals surface area contributed by atoms with Crippen LogP contribution < -0.4 is 0 Å². The molecule has 0 spiro atoms. The predicted octanol–water partition coefficient (Wildman–Crippen LogP) is 0.526. The Morgan fingerprint density at radius 1 is 1.75 bits per heavy atom. The zero-order valence-corrected chi connectivity index (χ0v) is 7.57. The summed E-state index contributed by atoms with van der Waals surface area (Å²) in [6.07, 6.45) is 4.70. The maximum atomic E-state index is 3.81. The summed E-state index contributed by atoms with van der Waals surface area (Å²) in [7, 11) is 1.88. The molecule has 1 heterocycles. The van der Waals surface area contributed by atoms with Crippen LogP contribution in [0.15, 0.2) is 6.20 Å². The van der Waals surface area contributed by atoms with E-state index in [0.717, 1.165) is 5.56 Å². The standard InChI is InChI=1S/C5H7N2.Re/c1-5-3-6-7(2)4-5;/h4H,1-2H3;/q-1;. The summed E-state index contributed by atoms with van der Waals surface area (Å²) in [5.74, 6) is 0. The summed E-state index contributed by atoms with van der Waals surface area (Å²) in [4.78, 5) is 0. The second-order valence-electron chi connectivity index (χ2n) is 1.60. The van der Waals surface area contributed by atoms with Gasteiger partial charge in [-0.2, -0.15) is 5.56 Å². The average Bonchev–Trinajstić information content (AvgIpc) is 1.87. The van der Waals surface area contributed by atoms with Crippen molar-refractivity contribution in [2.24, 2.45) is 7.05 Å². The normalized spacial score (nSPS) is 8.25. The Hall–Kier alpha value is -0.128. The van der Waals surface area contributed by atoms with Gasteiger partial charge in [0.15, 0.2) is 0 Å². The van der Waals surface area contributed by atoms with Gasteiger partial charge in [0.05, 0.1) is 0 Å². The number of hydrogen-bond acceptors (Lipinski definition) is 1. The fourth-order valence-electron chi connectivity index (χ4n) is 0.496. The SMILES string of the molecule is Cc1[c-]nn(C)c1.[Re]. The molecule has 0 aliphatic carbocycles. The van der Waals surface area contributed by atoms with Crippen LogP contribution in [-0.2, 0) is 27.5 Å². The molecule has 0 aliphatic rings. The molecule has 1 radical (unpaired) electrons. The van der Waals surface area contributed by atoms with Crippen LogP contribution in [0.4, 0.5) is 0 Å². The first kappa shape index (κ1) is 7.87. The molecule has 0 N–H and O–H groups in total. The monoisotopic (exact) mass is 282 g/mol. The molecule has 0 atom stereocenters. The molecule has 45 valence electrons. The van der Waals surface area contributed by atoms with Crippen LogP contribution >= 0.6 is 0 Å². The van der Waals surface area contributed by atoms with Crippen LogP contribution in [0.2, 0.25) is 0 Å². The van der Waals surface area contributed by atoms with Crippen molar-refractivity contribution in [2.75, 3.05) is 0 Å². The summed E-state index contributed by atoms with van der Waals surface area (Å²) in [6, 6.07) is 0. The van der Waals surface area contributed by atoms with Crippen LogP contribution in [0.25, 0.3) is 0 Å². The van der Waals surface area contributed by atoms with E-state index >= 15 is 0 Å².